The molecule has 0 spiro atoms. The number of rotatable bonds is 9. The van der Waals surface area contributed by atoms with E-state index in [2.05, 4.69) is 35.3 Å². The zero-order valence-electron chi connectivity index (χ0n) is 24.0. The molecule has 43 heavy (non-hydrogen) atoms. The van der Waals surface area contributed by atoms with E-state index in [-0.39, 0.29) is 22.5 Å². The zero-order chi connectivity index (χ0) is 28.6. The SMILES string of the molecule is Br.CCCCc1nc(C2CC2)n(-c2ccc3c(c2)CCO3)c(=O)c1Cc1ccc(-c2ccccc2-c2noc(=O)[nH]2)cc1. The second-order valence-corrected chi connectivity index (χ2v) is 11.2. The molecule has 1 aliphatic heterocycles. The summed E-state index contributed by atoms with van der Waals surface area (Å²) < 4.78 is 12.3. The number of hydrogen-bond donors (Lipinski definition) is 1. The lowest BCUT2D eigenvalue weighted by Gasteiger charge is -2.18. The van der Waals surface area contributed by atoms with Crippen LogP contribution in [0.2, 0.25) is 0 Å². The van der Waals surface area contributed by atoms with Crippen LogP contribution in [0.5, 0.6) is 5.75 Å². The summed E-state index contributed by atoms with van der Waals surface area (Å²) in [5.74, 6) is 1.93. The van der Waals surface area contributed by atoms with Crippen molar-refractivity contribution in [3.05, 3.63) is 116 Å². The van der Waals surface area contributed by atoms with Gasteiger partial charge in [0.25, 0.3) is 5.56 Å². The Morgan fingerprint density at radius 3 is 2.51 bits per heavy atom. The molecule has 1 aliphatic carbocycles. The highest BCUT2D eigenvalue weighted by molar-refractivity contribution is 8.93. The van der Waals surface area contributed by atoms with Gasteiger partial charge in [0.15, 0.2) is 5.82 Å². The third kappa shape index (κ3) is 5.73. The van der Waals surface area contributed by atoms with Crippen LogP contribution < -0.4 is 16.1 Å². The Hall–Kier alpha value is -4.24. The molecule has 5 aromatic rings. The molecule has 1 N–H and O–H groups in total. The van der Waals surface area contributed by atoms with Crippen LogP contribution in [0.15, 0.2) is 80.8 Å². The number of H-pyrrole nitrogens is 1. The second kappa shape index (κ2) is 12.2. The molecule has 220 valence electrons. The molecule has 1 saturated carbocycles. The highest BCUT2D eigenvalue weighted by Gasteiger charge is 2.31. The number of halogens is 1. The summed E-state index contributed by atoms with van der Waals surface area (Å²) in [5.41, 5.74) is 7.45. The number of hydrogen-bond acceptors (Lipinski definition) is 6. The minimum absolute atomic E-state index is 0. The van der Waals surface area contributed by atoms with E-state index >= 15 is 0 Å². The minimum atomic E-state index is -0.589. The Balaban J connectivity index is 0.00000329. The number of benzene rings is 3. The van der Waals surface area contributed by atoms with Gasteiger partial charge >= 0.3 is 5.76 Å². The van der Waals surface area contributed by atoms with E-state index in [4.69, 9.17) is 14.2 Å². The van der Waals surface area contributed by atoms with Crippen molar-refractivity contribution in [1.29, 1.82) is 0 Å². The maximum atomic E-state index is 14.3. The lowest BCUT2D eigenvalue weighted by molar-refractivity contribution is 0.357. The second-order valence-electron chi connectivity index (χ2n) is 11.2. The highest BCUT2D eigenvalue weighted by atomic mass is 79.9. The molecule has 9 heteroatoms. The Morgan fingerprint density at radius 1 is 1.00 bits per heavy atom. The van der Waals surface area contributed by atoms with Crippen LogP contribution >= 0.6 is 17.0 Å². The van der Waals surface area contributed by atoms with Crippen molar-refractivity contribution >= 4 is 17.0 Å². The number of aryl methyl sites for hydroxylation is 1. The van der Waals surface area contributed by atoms with Crippen molar-refractivity contribution in [3.8, 4) is 34.0 Å². The van der Waals surface area contributed by atoms with E-state index in [1.165, 1.54) is 0 Å². The quantitative estimate of drug-likeness (QED) is 0.196. The molecule has 8 nitrogen and oxygen atoms in total. The molecule has 1 fully saturated rings. The molecular weight excluding hydrogens is 608 g/mol. The Labute approximate surface area is 259 Å². The molecule has 2 aliphatic rings. The van der Waals surface area contributed by atoms with Crippen LogP contribution in [0.25, 0.3) is 28.2 Å². The molecule has 3 aromatic carbocycles. The maximum Gasteiger partial charge on any atom is 0.439 e. The standard InChI is InChI=1S/C34H32N4O4.BrH/c1-2-3-8-29-28(33(39)38(32(35-29)23-13-14-23)25-15-16-30-24(20-25)17-18-41-30)19-21-9-11-22(12-10-21)26-6-4-5-7-27(26)31-36-34(40)42-37-31;/h4-7,9-12,15-16,20,23H,2-3,8,13-14,17-19H2,1H3,(H,36,37,40);1H. The summed E-state index contributed by atoms with van der Waals surface area (Å²) in [6, 6.07) is 22.0. The number of aromatic amines is 1. The summed E-state index contributed by atoms with van der Waals surface area (Å²) in [5, 5.41) is 3.87. The van der Waals surface area contributed by atoms with Crippen LogP contribution in [0.3, 0.4) is 0 Å². The van der Waals surface area contributed by atoms with Gasteiger partial charge in [-0.2, -0.15) is 0 Å². The molecule has 0 atom stereocenters. The minimum Gasteiger partial charge on any atom is -0.493 e. The fraction of sp³-hybridized carbons (Fsp3) is 0.294. The van der Waals surface area contributed by atoms with E-state index in [1.54, 1.807) is 0 Å². The zero-order valence-corrected chi connectivity index (χ0v) is 25.7. The van der Waals surface area contributed by atoms with Crippen molar-refractivity contribution in [3.63, 3.8) is 0 Å². The van der Waals surface area contributed by atoms with Crippen molar-refractivity contribution in [2.24, 2.45) is 0 Å². The van der Waals surface area contributed by atoms with Crippen LogP contribution in [0.1, 0.15) is 66.7 Å². The molecule has 0 bridgehead atoms. The Bertz CT molecular complexity index is 1890. The Morgan fingerprint density at radius 2 is 1.79 bits per heavy atom. The Kier molecular flexibility index (Phi) is 8.17. The molecule has 0 unspecified atom stereocenters. The summed E-state index contributed by atoms with van der Waals surface area (Å²) in [6.07, 6.45) is 6.32. The first-order valence-electron chi connectivity index (χ1n) is 14.7. The third-order valence-corrected chi connectivity index (χ3v) is 8.20. The van der Waals surface area contributed by atoms with Crippen LogP contribution in [-0.2, 0) is 19.3 Å². The first-order valence-corrected chi connectivity index (χ1v) is 14.7. The van der Waals surface area contributed by atoms with Gasteiger partial charge in [-0.15, -0.1) is 17.0 Å². The molecule has 7 rings (SSSR count). The monoisotopic (exact) mass is 640 g/mol. The van der Waals surface area contributed by atoms with Gasteiger partial charge in [-0.3, -0.25) is 18.9 Å². The topological polar surface area (TPSA) is 103 Å². The van der Waals surface area contributed by atoms with Crippen molar-refractivity contribution < 1.29 is 9.26 Å². The van der Waals surface area contributed by atoms with Gasteiger partial charge in [0.05, 0.1) is 18.0 Å². The fourth-order valence-corrected chi connectivity index (χ4v) is 5.82. The molecular formula is C34H33BrN4O4. The molecule has 3 heterocycles. The van der Waals surface area contributed by atoms with E-state index in [1.807, 2.05) is 53.1 Å². The maximum absolute atomic E-state index is 14.3. The summed E-state index contributed by atoms with van der Waals surface area (Å²) >= 11 is 0. The molecule has 0 radical (unpaired) electrons. The van der Waals surface area contributed by atoms with Gasteiger partial charge in [0.2, 0.25) is 0 Å². The van der Waals surface area contributed by atoms with E-state index in [0.29, 0.717) is 24.8 Å². The van der Waals surface area contributed by atoms with Gasteiger partial charge in [-0.05, 0) is 66.1 Å². The normalized spacial score (nSPS) is 13.8. The van der Waals surface area contributed by atoms with E-state index < -0.39 is 5.76 Å². The number of aromatic nitrogens is 4. The predicted molar refractivity (Wildman–Crippen MR) is 171 cm³/mol. The first-order chi connectivity index (χ1) is 20.6. The fourth-order valence-electron chi connectivity index (χ4n) is 5.82. The van der Waals surface area contributed by atoms with Gasteiger partial charge in [-0.25, -0.2) is 9.78 Å². The molecule has 0 amide bonds. The molecule has 0 saturated heterocycles. The van der Waals surface area contributed by atoms with Gasteiger partial charge < -0.3 is 4.74 Å². The van der Waals surface area contributed by atoms with E-state index in [0.717, 1.165) is 94.9 Å². The van der Waals surface area contributed by atoms with Gasteiger partial charge in [-0.1, -0.05) is 67.0 Å². The largest absolute Gasteiger partial charge is 0.493 e. The van der Waals surface area contributed by atoms with Crippen LogP contribution in [0.4, 0.5) is 0 Å². The number of fused-ring (bicyclic) bond motifs is 1. The van der Waals surface area contributed by atoms with Crippen LogP contribution in [-0.4, -0.2) is 26.3 Å². The third-order valence-electron chi connectivity index (χ3n) is 8.20. The highest BCUT2D eigenvalue weighted by Crippen LogP contribution is 2.40. The number of nitrogens with zero attached hydrogens (tertiary/aromatic N) is 3. The number of nitrogens with one attached hydrogen (secondary N) is 1. The lowest BCUT2D eigenvalue weighted by Crippen LogP contribution is -2.29. The summed E-state index contributed by atoms with van der Waals surface area (Å²) in [4.78, 5) is 33.7. The first kappa shape index (κ1) is 28.9. The predicted octanol–water partition coefficient (Wildman–Crippen LogP) is 6.57. The number of ether oxygens (including phenoxy) is 1. The van der Waals surface area contributed by atoms with Gasteiger partial charge in [0, 0.05) is 29.9 Å². The summed E-state index contributed by atoms with van der Waals surface area (Å²) in [7, 11) is 0. The average Bonchev–Trinajstić information content (AvgIpc) is 3.60. The van der Waals surface area contributed by atoms with Crippen LogP contribution in [0, 0.1) is 0 Å². The number of unbranched alkanes of at least 4 members (excludes halogenated alkanes) is 1. The van der Waals surface area contributed by atoms with Gasteiger partial charge in [0.1, 0.15) is 11.6 Å². The van der Waals surface area contributed by atoms with Crippen molar-refractivity contribution in [1.82, 2.24) is 19.7 Å². The average molecular weight is 642 g/mol. The molecule has 2 aromatic heterocycles. The van der Waals surface area contributed by atoms with E-state index in [9.17, 15) is 9.59 Å². The van der Waals surface area contributed by atoms with Crippen molar-refractivity contribution in [2.45, 2.75) is 57.8 Å². The van der Waals surface area contributed by atoms with Crippen molar-refractivity contribution in [2.75, 3.05) is 6.61 Å². The smallest absolute Gasteiger partial charge is 0.439 e. The summed E-state index contributed by atoms with van der Waals surface area (Å²) in [6.45, 7) is 2.85. The lowest BCUT2D eigenvalue weighted by atomic mass is 9.96.